The predicted octanol–water partition coefficient (Wildman–Crippen LogP) is 0.736. The van der Waals surface area contributed by atoms with Crippen LogP contribution in [0.2, 0.25) is 0 Å². The first-order chi connectivity index (χ1) is 6.72. The fourth-order valence-electron chi connectivity index (χ4n) is 0.929. The van der Waals surface area contributed by atoms with Crippen LogP contribution in [0.15, 0.2) is 24.3 Å². The van der Waals surface area contributed by atoms with Gasteiger partial charge in [0.2, 0.25) is 0 Å². The molecule has 1 atom stereocenters. The van der Waals surface area contributed by atoms with Gasteiger partial charge in [0.05, 0.1) is 0 Å². The van der Waals surface area contributed by atoms with Crippen LogP contribution in [0.4, 0.5) is 5.69 Å². The Kier molecular flexibility index (Phi) is 4.17. The number of hydrogen-bond acceptors (Lipinski definition) is 2. The van der Waals surface area contributed by atoms with Crippen molar-refractivity contribution in [3.63, 3.8) is 0 Å². The molecule has 0 saturated heterocycles. The van der Waals surface area contributed by atoms with Crippen LogP contribution in [0, 0.1) is 11.8 Å². The molecule has 0 heterocycles. The second kappa shape index (κ2) is 5.43. The molecule has 0 aliphatic rings. The molecule has 1 unspecified atom stereocenters. The molecule has 0 bridgehead atoms. The first kappa shape index (κ1) is 10.8. The van der Waals surface area contributed by atoms with Gasteiger partial charge in [-0.1, -0.05) is 11.8 Å². The van der Waals surface area contributed by atoms with Crippen molar-refractivity contribution < 1.29 is 9.32 Å². The number of benzene rings is 1. The average molecular weight is 209 g/mol. The number of anilines is 1. The fraction of sp³-hybridized carbons (Fsp3) is 0.200. The monoisotopic (exact) mass is 209 g/mol. The summed E-state index contributed by atoms with van der Waals surface area (Å²) >= 11 is 0. The van der Waals surface area contributed by atoms with Crippen molar-refractivity contribution in [1.29, 1.82) is 0 Å². The molecule has 74 valence electrons. The molecular weight excluding hydrogens is 198 g/mol. The topological polar surface area (TPSA) is 49.3 Å². The van der Waals surface area contributed by atoms with Crippen molar-refractivity contribution >= 4 is 16.7 Å². The van der Waals surface area contributed by atoms with Crippen molar-refractivity contribution in [3.05, 3.63) is 29.8 Å². The highest BCUT2D eigenvalue weighted by molar-refractivity contribution is 7.85. The van der Waals surface area contributed by atoms with E-state index in [1.165, 1.54) is 0 Å². The van der Waals surface area contributed by atoms with Crippen molar-refractivity contribution in [2.75, 3.05) is 17.6 Å². The molecule has 4 heteroatoms. The summed E-state index contributed by atoms with van der Waals surface area (Å²) in [6.07, 6.45) is 1.57. The Morgan fingerprint density at radius 1 is 1.43 bits per heavy atom. The van der Waals surface area contributed by atoms with Crippen molar-refractivity contribution in [2.45, 2.75) is 0 Å². The third-order valence-electron chi connectivity index (χ3n) is 1.46. The van der Waals surface area contributed by atoms with Gasteiger partial charge in [-0.25, -0.2) is 4.21 Å². The summed E-state index contributed by atoms with van der Waals surface area (Å²) in [6.45, 7) is -0.140. The van der Waals surface area contributed by atoms with Gasteiger partial charge >= 0.3 is 0 Å². The highest BCUT2D eigenvalue weighted by Crippen LogP contribution is 2.08. The zero-order chi connectivity index (χ0) is 10.4. The van der Waals surface area contributed by atoms with E-state index in [0.29, 0.717) is 0 Å². The Hall–Kier alpha value is -1.31. The minimum absolute atomic E-state index is 0.140. The third kappa shape index (κ3) is 3.60. The lowest BCUT2D eigenvalue weighted by atomic mass is 10.2. The second-order valence-corrected chi connectivity index (χ2v) is 3.71. The van der Waals surface area contributed by atoms with Crippen LogP contribution < -0.4 is 4.72 Å². The lowest BCUT2D eigenvalue weighted by Crippen LogP contribution is -2.00. The molecule has 0 saturated carbocycles. The van der Waals surface area contributed by atoms with E-state index in [2.05, 4.69) is 16.6 Å². The number of aliphatic hydroxyl groups excluding tert-OH is 1. The van der Waals surface area contributed by atoms with Crippen LogP contribution in [-0.2, 0) is 11.0 Å². The molecule has 0 aliphatic carbocycles. The van der Waals surface area contributed by atoms with E-state index in [-0.39, 0.29) is 6.61 Å². The van der Waals surface area contributed by atoms with Crippen LogP contribution >= 0.6 is 0 Å². The van der Waals surface area contributed by atoms with E-state index < -0.39 is 11.0 Å². The van der Waals surface area contributed by atoms with Crippen LogP contribution in [0.25, 0.3) is 0 Å². The zero-order valence-electron chi connectivity index (χ0n) is 7.78. The number of aliphatic hydroxyl groups is 1. The van der Waals surface area contributed by atoms with Crippen LogP contribution in [0.3, 0.4) is 0 Å². The molecule has 0 amide bonds. The molecule has 1 aromatic carbocycles. The standard InChI is InChI=1S/C10H11NO2S/c1-14(13)11-10-6-4-9(5-7-10)3-2-8-12/h4-7,11-12H,8H2,1H3. The summed E-state index contributed by atoms with van der Waals surface area (Å²) in [7, 11) is -1.05. The summed E-state index contributed by atoms with van der Waals surface area (Å²) < 4.78 is 13.6. The van der Waals surface area contributed by atoms with Gasteiger partial charge in [0.1, 0.15) is 17.6 Å². The number of rotatable bonds is 2. The lowest BCUT2D eigenvalue weighted by Gasteiger charge is -2.00. The van der Waals surface area contributed by atoms with Crippen molar-refractivity contribution in [1.82, 2.24) is 0 Å². The minimum atomic E-state index is -1.05. The molecule has 1 rings (SSSR count). The zero-order valence-corrected chi connectivity index (χ0v) is 8.60. The SMILES string of the molecule is CS(=O)Nc1ccc(C#CCO)cc1. The summed E-state index contributed by atoms with van der Waals surface area (Å²) in [5.74, 6) is 5.32. The summed E-state index contributed by atoms with van der Waals surface area (Å²) in [5.41, 5.74) is 1.62. The molecule has 0 fully saturated rings. The maximum atomic E-state index is 10.8. The largest absolute Gasteiger partial charge is 0.384 e. The van der Waals surface area contributed by atoms with Gasteiger partial charge in [0.15, 0.2) is 0 Å². The van der Waals surface area contributed by atoms with Gasteiger partial charge in [-0.3, -0.25) is 0 Å². The van der Waals surface area contributed by atoms with Gasteiger partial charge < -0.3 is 9.83 Å². The van der Waals surface area contributed by atoms with Crippen LogP contribution in [-0.4, -0.2) is 22.2 Å². The highest BCUT2D eigenvalue weighted by Gasteiger charge is 1.92. The first-order valence-corrected chi connectivity index (χ1v) is 5.58. The van der Waals surface area contributed by atoms with E-state index in [1.807, 2.05) is 0 Å². The van der Waals surface area contributed by atoms with Crippen LogP contribution in [0.5, 0.6) is 0 Å². The Bertz CT molecular complexity index is 375. The summed E-state index contributed by atoms with van der Waals surface area (Å²) in [5, 5.41) is 8.47. The maximum absolute atomic E-state index is 10.8. The Labute approximate surface area is 85.7 Å². The summed E-state index contributed by atoms with van der Waals surface area (Å²) in [4.78, 5) is 0. The predicted molar refractivity (Wildman–Crippen MR) is 58.1 cm³/mol. The van der Waals surface area contributed by atoms with E-state index in [0.717, 1.165) is 11.3 Å². The Balaban J connectivity index is 2.73. The van der Waals surface area contributed by atoms with E-state index in [9.17, 15) is 4.21 Å². The summed E-state index contributed by atoms with van der Waals surface area (Å²) in [6, 6.07) is 7.20. The normalized spacial score (nSPS) is 11.3. The van der Waals surface area contributed by atoms with Crippen LogP contribution in [0.1, 0.15) is 5.56 Å². The molecule has 0 aromatic heterocycles. The average Bonchev–Trinajstić information content (AvgIpc) is 2.16. The van der Waals surface area contributed by atoms with Crippen molar-refractivity contribution in [3.8, 4) is 11.8 Å². The van der Waals surface area contributed by atoms with Gasteiger partial charge in [0, 0.05) is 17.5 Å². The fourth-order valence-corrected chi connectivity index (χ4v) is 1.40. The van der Waals surface area contributed by atoms with E-state index in [1.54, 1.807) is 30.5 Å². The first-order valence-electron chi connectivity index (χ1n) is 4.02. The van der Waals surface area contributed by atoms with E-state index in [4.69, 9.17) is 5.11 Å². The maximum Gasteiger partial charge on any atom is 0.113 e. The highest BCUT2D eigenvalue weighted by atomic mass is 32.2. The Morgan fingerprint density at radius 2 is 2.07 bits per heavy atom. The molecule has 14 heavy (non-hydrogen) atoms. The third-order valence-corrected chi connectivity index (χ3v) is 1.98. The molecular formula is C10H11NO2S. The molecule has 0 radical (unpaired) electrons. The molecule has 3 nitrogen and oxygen atoms in total. The quantitative estimate of drug-likeness (QED) is 0.706. The minimum Gasteiger partial charge on any atom is -0.384 e. The van der Waals surface area contributed by atoms with Gasteiger partial charge in [-0.2, -0.15) is 0 Å². The molecule has 2 N–H and O–H groups in total. The van der Waals surface area contributed by atoms with Gasteiger partial charge in [0.25, 0.3) is 0 Å². The van der Waals surface area contributed by atoms with Gasteiger partial charge in [-0.15, -0.1) is 0 Å². The molecule has 0 aliphatic heterocycles. The van der Waals surface area contributed by atoms with Gasteiger partial charge in [-0.05, 0) is 24.3 Å². The lowest BCUT2D eigenvalue weighted by molar-refractivity contribution is 0.350. The number of nitrogens with one attached hydrogen (secondary N) is 1. The van der Waals surface area contributed by atoms with Crippen molar-refractivity contribution in [2.24, 2.45) is 0 Å². The van der Waals surface area contributed by atoms with E-state index >= 15 is 0 Å². The molecule has 1 aromatic rings. The number of hydrogen-bond donors (Lipinski definition) is 2. The smallest absolute Gasteiger partial charge is 0.113 e. The molecule has 0 spiro atoms. The second-order valence-electron chi connectivity index (χ2n) is 2.59. The Morgan fingerprint density at radius 3 is 2.57 bits per heavy atom.